The summed E-state index contributed by atoms with van der Waals surface area (Å²) < 4.78 is 0. The molecule has 6 nitrogen and oxygen atoms in total. The summed E-state index contributed by atoms with van der Waals surface area (Å²) in [6.45, 7) is 6.46. The molecule has 1 saturated heterocycles. The molecule has 4 atom stereocenters. The molecular formula is C24H29ClN4O2. The number of hydrogen-bond donors (Lipinski definition) is 2. The second kappa shape index (κ2) is 7.61. The van der Waals surface area contributed by atoms with Crippen LogP contribution < -0.4 is 10.6 Å². The van der Waals surface area contributed by atoms with Gasteiger partial charge in [0.1, 0.15) is 5.41 Å². The Morgan fingerprint density at radius 1 is 1.19 bits per heavy atom. The van der Waals surface area contributed by atoms with Gasteiger partial charge >= 0.3 is 0 Å². The fraction of sp³-hybridized carbons (Fsp3) is 0.458. The molecule has 0 saturated carbocycles. The van der Waals surface area contributed by atoms with E-state index in [1.54, 1.807) is 37.5 Å². The molecule has 2 aromatic rings. The number of fused-ring (bicyclic) bond motifs is 2. The molecule has 4 unspecified atom stereocenters. The Morgan fingerprint density at radius 2 is 1.87 bits per heavy atom. The zero-order valence-electron chi connectivity index (χ0n) is 18.6. The van der Waals surface area contributed by atoms with Crippen molar-refractivity contribution in [3.8, 4) is 0 Å². The van der Waals surface area contributed by atoms with E-state index in [1.165, 1.54) is 0 Å². The van der Waals surface area contributed by atoms with Crippen molar-refractivity contribution in [2.75, 3.05) is 19.4 Å². The molecule has 4 rings (SSSR count). The van der Waals surface area contributed by atoms with Gasteiger partial charge in [-0.25, -0.2) is 0 Å². The largest absolute Gasteiger partial charge is 0.347 e. The van der Waals surface area contributed by atoms with E-state index in [-0.39, 0.29) is 29.2 Å². The van der Waals surface area contributed by atoms with Gasteiger partial charge in [-0.2, -0.15) is 0 Å². The van der Waals surface area contributed by atoms with Crippen molar-refractivity contribution in [3.05, 3.63) is 58.9 Å². The van der Waals surface area contributed by atoms with Crippen molar-refractivity contribution in [2.45, 2.75) is 50.6 Å². The predicted molar refractivity (Wildman–Crippen MR) is 122 cm³/mol. The molecule has 2 aliphatic heterocycles. The molecule has 1 aromatic heterocycles. The van der Waals surface area contributed by atoms with E-state index in [2.05, 4.69) is 36.4 Å². The Balaban J connectivity index is 1.99. The van der Waals surface area contributed by atoms with E-state index in [0.29, 0.717) is 5.02 Å². The number of likely N-dealkylation sites (N-methyl/N-ethyl adjacent to an activating group) is 1. The summed E-state index contributed by atoms with van der Waals surface area (Å²) in [4.78, 5) is 32.9. The van der Waals surface area contributed by atoms with E-state index in [1.807, 2.05) is 24.3 Å². The normalized spacial score (nSPS) is 27.3. The molecule has 0 aliphatic carbocycles. The highest BCUT2D eigenvalue weighted by molar-refractivity contribution is 6.31. The number of anilines is 1. The van der Waals surface area contributed by atoms with Crippen LogP contribution in [0.1, 0.15) is 44.2 Å². The number of carbonyl (C=O) groups is 2. The molecule has 0 bridgehead atoms. The summed E-state index contributed by atoms with van der Waals surface area (Å²) in [5, 5.41) is 7.23. The number of rotatable bonds is 3. The molecule has 2 amide bonds. The van der Waals surface area contributed by atoms with Crippen LogP contribution in [0.3, 0.4) is 0 Å². The lowest BCUT2D eigenvalue weighted by Crippen LogP contribution is -2.49. The Bertz CT molecular complexity index is 1020. The highest BCUT2D eigenvalue weighted by atomic mass is 35.5. The summed E-state index contributed by atoms with van der Waals surface area (Å²) in [5.74, 6) is -0.532. The van der Waals surface area contributed by atoms with Gasteiger partial charge in [0.2, 0.25) is 11.8 Å². The fourth-order valence-electron chi connectivity index (χ4n) is 5.26. The lowest BCUT2D eigenvalue weighted by Gasteiger charge is -2.37. The minimum absolute atomic E-state index is 0.0483. The predicted octanol–water partition coefficient (Wildman–Crippen LogP) is 3.57. The van der Waals surface area contributed by atoms with Crippen molar-refractivity contribution in [1.29, 1.82) is 0 Å². The van der Waals surface area contributed by atoms with Crippen molar-refractivity contribution in [1.82, 2.24) is 15.2 Å². The van der Waals surface area contributed by atoms with Crippen LogP contribution in [0.4, 0.5) is 5.69 Å². The Hall–Kier alpha value is -2.44. The van der Waals surface area contributed by atoms with E-state index < -0.39 is 11.5 Å². The number of benzene rings is 1. The topological polar surface area (TPSA) is 74.3 Å². The Kier molecular flexibility index (Phi) is 5.34. The minimum Gasteiger partial charge on any atom is -0.347 e. The second-order valence-corrected chi connectivity index (χ2v) is 10.4. The first-order chi connectivity index (χ1) is 14.6. The van der Waals surface area contributed by atoms with Crippen LogP contribution in [0.25, 0.3) is 0 Å². The van der Waals surface area contributed by atoms with Gasteiger partial charge in [-0.3, -0.25) is 14.6 Å². The lowest BCUT2D eigenvalue weighted by molar-refractivity contribution is -0.131. The van der Waals surface area contributed by atoms with Crippen LogP contribution in [0.15, 0.2) is 42.7 Å². The number of nitrogens with one attached hydrogen (secondary N) is 2. The Morgan fingerprint density at radius 3 is 2.48 bits per heavy atom. The second-order valence-electron chi connectivity index (χ2n) is 9.97. The summed E-state index contributed by atoms with van der Waals surface area (Å²) in [6.07, 6.45) is 4.15. The van der Waals surface area contributed by atoms with Gasteiger partial charge in [-0.05, 0) is 47.2 Å². The zero-order chi connectivity index (χ0) is 22.6. The number of carbonyl (C=O) groups excluding carboxylic acids is 2. The van der Waals surface area contributed by atoms with Crippen LogP contribution in [0, 0.1) is 5.41 Å². The fourth-order valence-corrected chi connectivity index (χ4v) is 5.43. The maximum Gasteiger partial charge on any atom is 0.239 e. The average Bonchev–Trinajstić information content (AvgIpc) is 3.16. The quantitative estimate of drug-likeness (QED) is 0.765. The summed E-state index contributed by atoms with van der Waals surface area (Å²) in [5.41, 5.74) is 1.52. The number of nitrogens with zero attached hydrogens (tertiary/aromatic N) is 2. The maximum absolute atomic E-state index is 13.8. The standard InChI is InChI=1S/C24H29ClN4O2/c1-23(2,3)13-18-24(16-7-6-15(25)12-17(16)27-22(24)31)19(14-8-10-26-11-9-14)20(28-18)21(30)29(4)5/h6-12,18-20,28H,13H2,1-5H3,(H,27,31). The van der Waals surface area contributed by atoms with Crippen LogP contribution in [-0.2, 0) is 15.0 Å². The van der Waals surface area contributed by atoms with Gasteiger partial charge in [0.05, 0.1) is 6.04 Å². The first kappa shape index (κ1) is 21.8. The van der Waals surface area contributed by atoms with Gasteiger partial charge < -0.3 is 15.5 Å². The number of pyridine rings is 1. The molecule has 7 heteroatoms. The highest BCUT2D eigenvalue weighted by Crippen LogP contribution is 2.56. The van der Waals surface area contributed by atoms with Crippen LogP contribution in [-0.4, -0.2) is 47.9 Å². The summed E-state index contributed by atoms with van der Waals surface area (Å²) in [6, 6.07) is 8.59. The van der Waals surface area contributed by atoms with Crippen molar-refractivity contribution < 1.29 is 9.59 Å². The molecule has 3 heterocycles. The molecular weight excluding hydrogens is 412 g/mol. The lowest BCUT2D eigenvalue weighted by atomic mass is 9.62. The zero-order valence-corrected chi connectivity index (χ0v) is 19.3. The van der Waals surface area contributed by atoms with E-state index in [0.717, 1.165) is 23.2 Å². The van der Waals surface area contributed by atoms with Crippen LogP contribution in [0.5, 0.6) is 0 Å². The van der Waals surface area contributed by atoms with Gasteiger partial charge in [0.25, 0.3) is 0 Å². The van der Waals surface area contributed by atoms with E-state index in [4.69, 9.17) is 11.6 Å². The smallest absolute Gasteiger partial charge is 0.239 e. The van der Waals surface area contributed by atoms with E-state index >= 15 is 0 Å². The van der Waals surface area contributed by atoms with Gasteiger partial charge in [0.15, 0.2) is 0 Å². The molecule has 0 radical (unpaired) electrons. The van der Waals surface area contributed by atoms with Crippen LogP contribution >= 0.6 is 11.6 Å². The number of aromatic nitrogens is 1. The molecule has 1 spiro atoms. The molecule has 1 fully saturated rings. The minimum atomic E-state index is -0.940. The first-order valence-electron chi connectivity index (χ1n) is 10.5. The SMILES string of the molecule is CN(C)C(=O)C1NC(CC(C)(C)C)C2(C(=O)Nc3cc(Cl)ccc32)C1c1ccncc1. The summed E-state index contributed by atoms with van der Waals surface area (Å²) >= 11 is 6.25. The number of hydrogen-bond acceptors (Lipinski definition) is 4. The maximum atomic E-state index is 13.8. The van der Waals surface area contributed by atoms with Crippen LogP contribution in [0.2, 0.25) is 5.02 Å². The molecule has 2 aliphatic rings. The average molecular weight is 441 g/mol. The van der Waals surface area contributed by atoms with Crippen molar-refractivity contribution in [2.24, 2.45) is 5.41 Å². The van der Waals surface area contributed by atoms with Gasteiger partial charge in [0, 0.05) is 49.2 Å². The van der Waals surface area contributed by atoms with E-state index in [9.17, 15) is 9.59 Å². The van der Waals surface area contributed by atoms with Crippen molar-refractivity contribution in [3.63, 3.8) is 0 Å². The number of amides is 2. The molecule has 164 valence electrons. The number of halogens is 1. The highest BCUT2D eigenvalue weighted by Gasteiger charge is 2.65. The van der Waals surface area contributed by atoms with Crippen molar-refractivity contribution >= 4 is 29.1 Å². The molecule has 31 heavy (non-hydrogen) atoms. The third-order valence-corrected chi connectivity index (χ3v) is 6.63. The van der Waals surface area contributed by atoms with Gasteiger partial charge in [-0.1, -0.05) is 38.4 Å². The summed E-state index contributed by atoms with van der Waals surface area (Å²) in [7, 11) is 3.50. The Labute approximate surface area is 188 Å². The molecule has 2 N–H and O–H groups in total. The monoisotopic (exact) mass is 440 g/mol. The third kappa shape index (κ3) is 3.52. The molecule has 1 aromatic carbocycles. The van der Waals surface area contributed by atoms with Gasteiger partial charge in [-0.15, -0.1) is 0 Å². The third-order valence-electron chi connectivity index (χ3n) is 6.39. The first-order valence-corrected chi connectivity index (χ1v) is 10.9.